The van der Waals surface area contributed by atoms with Gasteiger partial charge < -0.3 is 14.3 Å². The molecule has 0 unspecified atom stereocenters. The van der Waals surface area contributed by atoms with Crippen molar-refractivity contribution < 1.29 is 19.1 Å². The predicted octanol–water partition coefficient (Wildman–Crippen LogP) is 2.60. The van der Waals surface area contributed by atoms with Crippen molar-refractivity contribution >= 4 is 11.8 Å². The number of ether oxygens (including phenoxy) is 2. The van der Waals surface area contributed by atoms with Crippen molar-refractivity contribution in [2.75, 3.05) is 20.3 Å². The summed E-state index contributed by atoms with van der Waals surface area (Å²) in [5.41, 5.74) is 0. The van der Waals surface area contributed by atoms with Gasteiger partial charge >= 0.3 is 5.97 Å². The molecule has 0 N–H and O–H groups in total. The van der Waals surface area contributed by atoms with Gasteiger partial charge in [0.15, 0.2) is 0 Å². The molecule has 0 saturated heterocycles. The maximum Gasteiger partial charge on any atom is 0.306 e. The number of unbranched alkanes of at least 4 members (excludes halogenated alkanes) is 1. The van der Waals surface area contributed by atoms with Crippen LogP contribution in [0.5, 0.6) is 0 Å². The predicted molar refractivity (Wildman–Crippen MR) is 65.4 cm³/mol. The first-order valence-corrected chi connectivity index (χ1v) is 4.81. The Morgan fingerprint density at radius 2 is 1.56 bits per heavy atom. The number of methoxy groups -OCH3 is 1. The summed E-state index contributed by atoms with van der Waals surface area (Å²) in [4.78, 5) is 21.5. The first kappa shape index (κ1) is 20.5. The molecule has 0 aliphatic rings. The van der Waals surface area contributed by atoms with Crippen molar-refractivity contribution in [2.24, 2.45) is 0 Å². The molecule has 0 aliphatic heterocycles. The highest BCUT2D eigenvalue weighted by atomic mass is 16.5. The lowest BCUT2D eigenvalue weighted by atomic mass is 10.2. The molecule has 0 aromatic carbocycles. The summed E-state index contributed by atoms with van der Waals surface area (Å²) < 4.78 is 9.73. The van der Waals surface area contributed by atoms with E-state index in [1.807, 2.05) is 0 Å². The van der Waals surface area contributed by atoms with Gasteiger partial charge in [0.05, 0.1) is 13.0 Å². The molecule has 0 aromatic rings. The molecule has 0 radical (unpaired) electrons. The van der Waals surface area contributed by atoms with Gasteiger partial charge in [0.1, 0.15) is 5.78 Å². The largest absolute Gasteiger partial charge is 0.466 e. The third-order valence-corrected chi connectivity index (χ3v) is 1.69. The average molecular weight is 234 g/mol. The highest BCUT2D eigenvalue weighted by Gasteiger charge is 2.03. The van der Waals surface area contributed by atoms with Crippen LogP contribution in [0, 0.1) is 0 Å². The lowest BCUT2D eigenvalue weighted by molar-refractivity contribution is -0.144. The van der Waals surface area contributed by atoms with E-state index in [2.05, 4.69) is 0 Å². The van der Waals surface area contributed by atoms with Crippen molar-refractivity contribution in [3.63, 3.8) is 0 Å². The van der Waals surface area contributed by atoms with Crippen LogP contribution in [0.4, 0.5) is 0 Å². The van der Waals surface area contributed by atoms with Crippen LogP contribution in [0.25, 0.3) is 0 Å². The third kappa shape index (κ3) is 15.6. The summed E-state index contributed by atoms with van der Waals surface area (Å²) in [6.45, 7) is 2.57. The van der Waals surface area contributed by atoms with E-state index in [0.717, 1.165) is 12.8 Å². The van der Waals surface area contributed by atoms with Crippen molar-refractivity contribution in [3.05, 3.63) is 0 Å². The Balaban J connectivity index is -0.000000845. The zero-order valence-corrected chi connectivity index (χ0v) is 8.88. The standard InChI is InChI=1S/C10H18O4.2CH4/c1-9(11)5-6-10(12)14-8-4-3-7-13-2;;/h3-8H2,1-2H3;2*1H4. The molecule has 0 spiro atoms. The minimum Gasteiger partial charge on any atom is -0.466 e. The smallest absolute Gasteiger partial charge is 0.306 e. The van der Waals surface area contributed by atoms with E-state index < -0.39 is 0 Å². The van der Waals surface area contributed by atoms with Gasteiger partial charge in [-0.3, -0.25) is 4.79 Å². The molecule has 0 atom stereocenters. The fourth-order valence-corrected chi connectivity index (χ4v) is 0.885. The Hall–Kier alpha value is -0.900. The number of carbonyl (C=O) groups excluding carboxylic acids is 2. The summed E-state index contributed by atoms with van der Waals surface area (Å²) in [5, 5.41) is 0. The van der Waals surface area contributed by atoms with Gasteiger partial charge in [-0.15, -0.1) is 0 Å². The zero-order chi connectivity index (χ0) is 10.8. The molecule has 4 nitrogen and oxygen atoms in total. The van der Waals surface area contributed by atoms with Gasteiger partial charge in [-0.1, -0.05) is 14.9 Å². The van der Waals surface area contributed by atoms with Crippen LogP contribution >= 0.6 is 0 Å². The monoisotopic (exact) mass is 234 g/mol. The number of rotatable bonds is 8. The van der Waals surface area contributed by atoms with Gasteiger partial charge in [-0.25, -0.2) is 0 Å². The van der Waals surface area contributed by atoms with Crippen LogP contribution in [-0.4, -0.2) is 32.1 Å². The fourth-order valence-electron chi connectivity index (χ4n) is 0.885. The van der Waals surface area contributed by atoms with Gasteiger partial charge in [0, 0.05) is 20.1 Å². The normalized spacial score (nSPS) is 8.62. The molecule has 0 aromatic heterocycles. The highest BCUT2D eigenvalue weighted by Crippen LogP contribution is 1.96. The quantitative estimate of drug-likeness (QED) is 0.478. The minimum atomic E-state index is -0.294. The van der Waals surface area contributed by atoms with Crippen molar-refractivity contribution in [2.45, 2.75) is 47.5 Å². The first-order chi connectivity index (χ1) is 6.66. The SMILES string of the molecule is C.C.COCCCCOC(=O)CCC(C)=O. The van der Waals surface area contributed by atoms with Crippen molar-refractivity contribution in [3.8, 4) is 0 Å². The second-order valence-corrected chi connectivity index (χ2v) is 3.12. The topological polar surface area (TPSA) is 52.6 Å². The molecule has 0 saturated carbocycles. The third-order valence-electron chi connectivity index (χ3n) is 1.69. The molecular formula is C12H26O4. The maximum atomic E-state index is 11.0. The summed E-state index contributed by atoms with van der Waals surface area (Å²) in [7, 11) is 1.64. The lowest BCUT2D eigenvalue weighted by Crippen LogP contribution is -2.08. The van der Waals surface area contributed by atoms with Crippen LogP contribution < -0.4 is 0 Å². The van der Waals surface area contributed by atoms with Crippen LogP contribution in [0.2, 0.25) is 0 Å². The molecule has 0 heterocycles. The number of ketones is 1. The molecular weight excluding hydrogens is 208 g/mol. The van der Waals surface area contributed by atoms with E-state index in [9.17, 15) is 9.59 Å². The molecule has 0 bridgehead atoms. The lowest BCUT2D eigenvalue weighted by Gasteiger charge is -2.03. The van der Waals surface area contributed by atoms with E-state index in [1.165, 1.54) is 6.92 Å². The second-order valence-electron chi connectivity index (χ2n) is 3.12. The average Bonchev–Trinajstić information content (AvgIpc) is 2.14. The van der Waals surface area contributed by atoms with E-state index in [4.69, 9.17) is 9.47 Å². The van der Waals surface area contributed by atoms with Gasteiger partial charge in [-0.05, 0) is 19.8 Å². The number of hydrogen-bond acceptors (Lipinski definition) is 4. The Bertz CT molecular complexity index is 178. The van der Waals surface area contributed by atoms with Crippen LogP contribution in [-0.2, 0) is 19.1 Å². The second kappa shape index (κ2) is 14.1. The van der Waals surface area contributed by atoms with Crippen molar-refractivity contribution in [1.82, 2.24) is 0 Å². The van der Waals surface area contributed by atoms with E-state index in [0.29, 0.717) is 13.2 Å². The number of esters is 1. The van der Waals surface area contributed by atoms with Crippen LogP contribution in [0.1, 0.15) is 47.5 Å². The molecule has 98 valence electrons. The Kier molecular flexibility index (Phi) is 18.1. The van der Waals surface area contributed by atoms with Gasteiger partial charge in [0.2, 0.25) is 0 Å². The Morgan fingerprint density at radius 3 is 2.06 bits per heavy atom. The summed E-state index contributed by atoms with van der Waals surface area (Å²) >= 11 is 0. The fraction of sp³-hybridized carbons (Fsp3) is 0.833. The maximum absolute atomic E-state index is 11.0. The molecule has 0 fully saturated rings. The number of Topliss-reactive ketones (excluding diaryl/α,β-unsaturated/α-hetero) is 1. The number of carbonyl (C=O) groups is 2. The van der Waals surface area contributed by atoms with Crippen LogP contribution in [0.15, 0.2) is 0 Å². The summed E-state index contributed by atoms with van der Waals surface area (Å²) in [6.07, 6.45) is 2.16. The Morgan fingerprint density at radius 1 is 1.00 bits per heavy atom. The van der Waals surface area contributed by atoms with Crippen LogP contribution in [0.3, 0.4) is 0 Å². The van der Waals surface area contributed by atoms with E-state index in [1.54, 1.807) is 7.11 Å². The summed E-state index contributed by atoms with van der Waals surface area (Å²) in [6, 6.07) is 0. The molecule has 4 heteroatoms. The van der Waals surface area contributed by atoms with Crippen molar-refractivity contribution in [1.29, 1.82) is 0 Å². The molecule has 0 rings (SSSR count). The number of hydrogen-bond donors (Lipinski definition) is 0. The first-order valence-electron chi connectivity index (χ1n) is 4.81. The zero-order valence-electron chi connectivity index (χ0n) is 8.88. The van der Waals surface area contributed by atoms with E-state index in [-0.39, 0.29) is 39.4 Å². The molecule has 16 heavy (non-hydrogen) atoms. The summed E-state index contributed by atoms with van der Waals surface area (Å²) in [5.74, 6) is -0.279. The molecule has 0 amide bonds. The van der Waals surface area contributed by atoms with E-state index >= 15 is 0 Å². The highest BCUT2D eigenvalue weighted by molar-refractivity contribution is 5.80. The molecule has 0 aliphatic carbocycles. The minimum absolute atomic E-state index is 0. The van der Waals surface area contributed by atoms with Gasteiger partial charge in [0.25, 0.3) is 0 Å². The van der Waals surface area contributed by atoms with Gasteiger partial charge in [-0.2, -0.15) is 0 Å². The Labute approximate surface area is 99.3 Å².